The van der Waals surface area contributed by atoms with Crippen molar-refractivity contribution in [1.82, 2.24) is 28.7 Å². The number of nitrogens with zero attached hydrogens (tertiary/aromatic N) is 4. The number of carbonyl (C=O) groups is 4. The molecule has 72 heavy (non-hydrogen) atoms. The van der Waals surface area contributed by atoms with Crippen LogP contribution >= 0.6 is 23.2 Å². The Bertz CT molecular complexity index is 2930. The lowest BCUT2D eigenvalue weighted by molar-refractivity contribution is -0.127. The second-order valence-electron chi connectivity index (χ2n) is 18.9. The Morgan fingerprint density at radius 1 is 0.583 bits per heavy atom. The van der Waals surface area contributed by atoms with Gasteiger partial charge in [0.2, 0.25) is 23.6 Å². The number of amides is 4. The van der Waals surface area contributed by atoms with E-state index in [9.17, 15) is 36.0 Å². The van der Waals surface area contributed by atoms with Gasteiger partial charge in [-0.3, -0.25) is 29.0 Å². The fraction of sp³-hybridized carbons (Fsp3) is 0.440. The van der Waals surface area contributed by atoms with Gasteiger partial charge in [-0.05, 0) is 99.2 Å². The molecule has 4 amide bonds. The average molecular weight is 1070 g/mol. The van der Waals surface area contributed by atoms with Crippen molar-refractivity contribution in [2.24, 2.45) is 0 Å². The van der Waals surface area contributed by atoms with E-state index < -0.39 is 80.9 Å². The molecule has 2 saturated carbocycles. The number of halogens is 4. The van der Waals surface area contributed by atoms with Gasteiger partial charge in [-0.2, -0.15) is 34.9 Å². The maximum Gasteiger partial charge on any atom is 0.280 e. The summed E-state index contributed by atoms with van der Waals surface area (Å²) in [4.78, 5) is 60.4. The molecular formula is C50H58Cl2F2N8O8S2. The van der Waals surface area contributed by atoms with Gasteiger partial charge in [0.05, 0.1) is 13.1 Å². The Labute approximate surface area is 429 Å². The van der Waals surface area contributed by atoms with Gasteiger partial charge in [-0.25, -0.2) is 8.78 Å². The van der Waals surface area contributed by atoms with Crippen LogP contribution in [0.25, 0.3) is 11.1 Å². The summed E-state index contributed by atoms with van der Waals surface area (Å²) in [7, 11) is -8.19. The van der Waals surface area contributed by atoms with Crippen molar-refractivity contribution < 1.29 is 44.8 Å². The van der Waals surface area contributed by atoms with Gasteiger partial charge in [0.15, 0.2) is 0 Å². The predicted octanol–water partition coefficient (Wildman–Crippen LogP) is 7.06. The highest BCUT2D eigenvalue weighted by atomic mass is 35.5. The molecule has 4 N–H and O–H groups in total. The van der Waals surface area contributed by atoms with E-state index in [4.69, 9.17) is 23.2 Å². The fourth-order valence-electron chi connectivity index (χ4n) is 9.59. The monoisotopic (exact) mass is 1070 g/mol. The quantitative estimate of drug-likeness (QED) is 0.0716. The number of hydrogen-bond donors (Lipinski definition) is 4. The van der Waals surface area contributed by atoms with Gasteiger partial charge in [0.1, 0.15) is 23.7 Å². The first kappa shape index (κ1) is 53.2. The zero-order valence-corrected chi connectivity index (χ0v) is 43.0. The first-order chi connectivity index (χ1) is 34.3. The van der Waals surface area contributed by atoms with Crippen LogP contribution in [0.3, 0.4) is 0 Å². The summed E-state index contributed by atoms with van der Waals surface area (Å²) >= 11 is 13.9. The fourth-order valence-corrected chi connectivity index (χ4v) is 12.8. The molecule has 2 saturated heterocycles. The Morgan fingerprint density at radius 3 is 1.56 bits per heavy atom. The molecule has 16 nitrogen and oxygen atoms in total. The maximum atomic E-state index is 16.3. The largest absolute Gasteiger partial charge is 0.351 e. The molecule has 4 aliphatic rings. The molecule has 2 aliphatic heterocycles. The predicted molar refractivity (Wildman–Crippen MR) is 271 cm³/mol. The van der Waals surface area contributed by atoms with Gasteiger partial charge < -0.3 is 10.6 Å². The molecule has 386 valence electrons. The Balaban J connectivity index is 1.20. The van der Waals surface area contributed by atoms with E-state index >= 15 is 8.78 Å². The molecule has 0 aromatic heterocycles. The summed E-state index contributed by atoms with van der Waals surface area (Å²) in [5.74, 6) is -4.67. The van der Waals surface area contributed by atoms with Crippen molar-refractivity contribution in [3.8, 4) is 11.1 Å². The first-order valence-electron chi connectivity index (χ1n) is 24.2. The molecule has 4 aromatic carbocycles. The van der Waals surface area contributed by atoms with Crippen LogP contribution in [0.4, 0.5) is 20.2 Å². The zero-order valence-electron chi connectivity index (χ0n) is 39.8. The van der Waals surface area contributed by atoms with Crippen LogP contribution in [0.5, 0.6) is 0 Å². The number of nitrogens with one attached hydrogen (secondary N) is 4. The van der Waals surface area contributed by atoms with Crippen molar-refractivity contribution in [2.45, 2.75) is 114 Å². The third kappa shape index (κ3) is 12.6. The van der Waals surface area contributed by atoms with Crippen LogP contribution in [0.15, 0.2) is 84.9 Å². The molecule has 22 heteroatoms. The number of anilines is 2. The van der Waals surface area contributed by atoms with Crippen LogP contribution in [-0.4, -0.2) is 99.4 Å². The molecule has 0 spiro atoms. The van der Waals surface area contributed by atoms with Crippen LogP contribution in [0, 0.1) is 11.6 Å². The third-order valence-corrected chi connectivity index (χ3v) is 17.5. The van der Waals surface area contributed by atoms with Crippen molar-refractivity contribution in [1.29, 1.82) is 0 Å². The number of rotatable bonds is 19. The van der Waals surface area contributed by atoms with Crippen LogP contribution in [0.2, 0.25) is 10.0 Å². The lowest BCUT2D eigenvalue weighted by atomic mass is 9.94. The number of hydrogen-bond acceptors (Lipinski definition) is 8. The molecule has 8 rings (SSSR count). The van der Waals surface area contributed by atoms with Crippen LogP contribution in [0.1, 0.15) is 101 Å². The Morgan fingerprint density at radius 2 is 1.07 bits per heavy atom. The van der Waals surface area contributed by atoms with Crippen molar-refractivity contribution in [3.05, 3.63) is 118 Å². The van der Waals surface area contributed by atoms with Gasteiger partial charge >= 0.3 is 0 Å². The summed E-state index contributed by atoms with van der Waals surface area (Å²) < 4.78 is 90.6. The number of benzene rings is 4. The van der Waals surface area contributed by atoms with Crippen molar-refractivity contribution in [3.63, 3.8) is 0 Å². The first-order valence-corrected chi connectivity index (χ1v) is 27.8. The Kier molecular flexibility index (Phi) is 16.7. The highest BCUT2D eigenvalue weighted by Crippen LogP contribution is 2.39. The maximum absolute atomic E-state index is 16.3. The lowest BCUT2D eigenvalue weighted by Gasteiger charge is -2.34. The molecule has 2 aliphatic carbocycles. The molecule has 4 aromatic rings. The Hall–Kier alpha value is -5.06. The van der Waals surface area contributed by atoms with Crippen molar-refractivity contribution in [2.75, 3.05) is 36.0 Å². The molecular weight excluding hydrogens is 1010 g/mol. The summed E-state index contributed by atoms with van der Waals surface area (Å²) in [6.07, 6.45) is 8.14. The second kappa shape index (κ2) is 22.6. The van der Waals surface area contributed by atoms with E-state index in [1.165, 1.54) is 36.4 Å². The average Bonchev–Trinajstić information content (AvgIpc) is 4.29. The molecule has 6 atom stereocenters. The number of carbonyl (C=O) groups excluding carboxylic acids is 4. The van der Waals surface area contributed by atoms with E-state index in [-0.39, 0.29) is 80.9 Å². The minimum Gasteiger partial charge on any atom is -0.351 e. The van der Waals surface area contributed by atoms with Crippen LogP contribution < -0.4 is 29.9 Å². The summed E-state index contributed by atoms with van der Waals surface area (Å²) in [5, 5.41) is 6.14. The SMILES string of the molecule is C[C@@H]1CN1S(=O)(=O)NCC(=O)N(c1cccc(F)c1)C(C(=O)NC1CCCCC1)c1ccc(-c2cc(F)cc(N(C(=O)CNS(=O)(=O)N3C[C@H]3C)[C@H](C(=O)NC3CCCCC3)c3ccccc3Cl)c2)cc1Cl. The molecule has 0 radical (unpaired) electrons. The van der Waals surface area contributed by atoms with Gasteiger partial charge in [0.25, 0.3) is 20.4 Å². The van der Waals surface area contributed by atoms with Gasteiger partial charge in [0, 0.05) is 69.8 Å². The highest BCUT2D eigenvalue weighted by Gasteiger charge is 2.43. The van der Waals surface area contributed by atoms with Crippen molar-refractivity contribution >= 4 is 78.6 Å². The minimum absolute atomic E-state index is 0.0607. The topological polar surface area (TPSA) is 197 Å². The summed E-state index contributed by atoms with van der Waals surface area (Å²) in [5.41, 5.74) is 0.460. The van der Waals surface area contributed by atoms with Crippen LogP contribution in [-0.2, 0) is 39.6 Å². The second-order valence-corrected chi connectivity index (χ2v) is 23.2. The lowest BCUT2D eigenvalue weighted by Crippen LogP contribution is -2.50. The van der Waals surface area contributed by atoms with Gasteiger partial charge in [-0.1, -0.05) is 98.1 Å². The molecule has 0 bridgehead atoms. The van der Waals surface area contributed by atoms with Gasteiger partial charge in [-0.15, -0.1) is 0 Å². The smallest absolute Gasteiger partial charge is 0.280 e. The zero-order chi connectivity index (χ0) is 51.5. The van der Waals surface area contributed by atoms with E-state index in [1.807, 2.05) is 0 Å². The van der Waals surface area contributed by atoms with E-state index in [1.54, 1.807) is 38.1 Å². The van der Waals surface area contributed by atoms with E-state index in [0.717, 1.165) is 81.2 Å². The third-order valence-electron chi connectivity index (χ3n) is 13.6. The molecule has 3 unspecified atom stereocenters. The molecule has 2 heterocycles. The summed E-state index contributed by atoms with van der Waals surface area (Å²) in [6.45, 7) is 2.31. The standard InChI is InChI=1S/C50H58Cl2F2N8O8S2/c1-31-29-59(31)71(67,68)55-27-45(63)61(39-17-11-12-35(53)25-39)48(50(66)58-38-15-7-4-8-16-38)42-21-20-33(24-44(42)52)34-22-36(54)26-40(23-34)62(46(64)28-56-72(69,70)60-30-32(60)2)47(41-18-9-10-19-43(41)51)49(65)57-37-13-5-3-6-14-37/h9-12,17-26,31-32,37-38,47-48,55-56H,3-8,13-16,27-30H2,1-2H3,(H,57,65)(H,58,66)/t31-,32-,47+,48?,59?,60?/m1/s1. The summed E-state index contributed by atoms with van der Waals surface area (Å²) in [6, 6.07) is 15.2. The highest BCUT2D eigenvalue weighted by molar-refractivity contribution is 7.87. The molecule has 4 fully saturated rings. The minimum atomic E-state index is -4.11. The normalized spacial score (nSPS) is 21.2. The van der Waals surface area contributed by atoms with E-state index in [0.29, 0.717) is 25.7 Å². The van der Waals surface area contributed by atoms with E-state index in [2.05, 4.69) is 20.1 Å².